The van der Waals surface area contributed by atoms with Crippen LogP contribution < -0.4 is 10.9 Å². The van der Waals surface area contributed by atoms with Gasteiger partial charge in [-0.3, -0.25) is 14.0 Å². The number of para-hydroxylation sites is 3. The molecule has 0 saturated carbocycles. The summed E-state index contributed by atoms with van der Waals surface area (Å²) in [6.45, 7) is 4.29. The Morgan fingerprint density at radius 2 is 1.69 bits per heavy atom. The molecule has 1 amide bonds. The molecule has 1 N–H and O–H groups in total. The van der Waals surface area contributed by atoms with Gasteiger partial charge in [0.05, 0.1) is 22.3 Å². The van der Waals surface area contributed by atoms with E-state index in [1.54, 1.807) is 10.6 Å². The van der Waals surface area contributed by atoms with Gasteiger partial charge in [0.2, 0.25) is 11.7 Å². The van der Waals surface area contributed by atoms with Crippen LogP contribution in [0.5, 0.6) is 0 Å². The highest BCUT2D eigenvalue weighted by atomic mass is 32.2. The van der Waals surface area contributed by atoms with Gasteiger partial charge in [-0.1, -0.05) is 74.1 Å². The van der Waals surface area contributed by atoms with E-state index in [0.717, 1.165) is 17.7 Å². The number of nitrogens with one attached hydrogen (secondary N) is 1. The number of hydrogen-bond donors (Lipinski definition) is 1. The van der Waals surface area contributed by atoms with Crippen LogP contribution in [0.15, 0.2) is 88.8 Å². The van der Waals surface area contributed by atoms with Gasteiger partial charge in [-0.15, -0.1) is 10.2 Å². The lowest BCUT2D eigenvalue weighted by molar-refractivity contribution is -0.113. The molecule has 0 aliphatic rings. The fourth-order valence-electron chi connectivity index (χ4n) is 4.16. The van der Waals surface area contributed by atoms with Crippen molar-refractivity contribution in [2.45, 2.75) is 31.3 Å². The van der Waals surface area contributed by atoms with Crippen LogP contribution >= 0.6 is 11.8 Å². The summed E-state index contributed by atoms with van der Waals surface area (Å²) in [4.78, 5) is 26.2. The topological polar surface area (TPSA) is 81.3 Å². The van der Waals surface area contributed by atoms with E-state index >= 15 is 0 Å². The molecular weight excluding hydrogens is 458 g/mol. The summed E-state index contributed by atoms with van der Waals surface area (Å²) in [6, 6.07) is 24.7. The molecule has 0 spiro atoms. The average Bonchev–Trinajstić information content (AvgIpc) is 3.32. The van der Waals surface area contributed by atoms with Crippen LogP contribution in [0.4, 0.5) is 5.69 Å². The van der Waals surface area contributed by atoms with Gasteiger partial charge in [0.25, 0.3) is 5.56 Å². The lowest BCUT2D eigenvalue weighted by Crippen LogP contribution is -2.22. The summed E-state index contributed by atoms with van der Waals surface area (Å²) >= 11 is 1.29. The summed E-state index contributed by atoms with van der Waals surface area (Å²) in [5.41, 5.74) is 3.20. The van der Waals surface area contributed by atoms with Crippen LogP contribution in [0, 0.1) is 0 Å². The average molecular weight is 484 g/mol. The van der Waals surface area contributed by atoms with Crippen molar-refractivity contribution in [3.8, 4) is 5.69 Å². The minimum Gasteiger partial charge on any atom is -0.325 e. The molecule has 5 rings (SSSR count). The summed E-state index contributed by atoms with van der Waals surface area (Å²) in [5.74, 6) is 0.794. The monoisotopic (exact) mass is 483 g/mol. The maximum absolute atomic E-state index is 13.3. The first-order valence-electron chi connectivity index (χ1n) is 11.5. The molecule has 0 saturated heterocycles. The summed E-state index contributed by atoms with van der Waals surface area (Å²) < 4.78 is 3.40. The van der Waals surface area contributed by atoms with Crippen molar-refractivity contribution in [2.24, 2.45) is 0 Å². The van der Waals surface area contributed by atoms with Crippen molar-refractivity contribution in [2.75, 3.05) is 11.1 Å². The first-order chi connectivity index (χ1) is 17.1. The number of rotatable bonds is 7. The van der Waals surface area contributed by atoms with Crippen molar-refractivity contribution < 1.29 is 4.79 Å². The molecule has 0 aliphatic carbocycles. The van der Waals surface area contributed by atoms with E-state index in [-0.39, 0.29) is 17.2 Å². The van der Waals surface area contributed by atoms with Crippen molar-refractivity contribution in [1.29, 1.82) is 0 Å². The second-order valence-corrected chi connectivity index (χ2v) is 9.29. The highest BCUT2D eigenvalue weighted by molar-refractivity contribution is 7.99. The van der Waals surface area contributed by atoms with Gasteiger partial charge in [0.1, 0.15) is 0 Å². The molecule has 2 aromatic heterocycles. The summed E-state index contributed by atoms with van der Waals surface area (Å²) in [6.07, 6.45) is 0.990. The van der Waals surface area contributed by atoms with Crippen LogP contribution in [0.2, 0.25) is 0 Å². The van der Waals surface area contributed by atoms with E-state index in [1.807, 2.05) is 71.1 Å². The Morgan fingerprint density at radius 3 is 2.49 bits per heavy atom. The van der Waals surface area contributed by atoms with E-state index in [4.69, 9.17) is 0 Å². The highest BCUT2D eigenvalue weighted by Gasteiger charge is 2.19. The molecule has 3 aromatic carbocycles. The van der Waals surface area contributed by atoms with Gasteiger partial charge in [0.15, 0.2) is 5.16 Å². The summed E-state index contributed by atoms with van der Waals surface area (Å²) in [5, 5.41) is 12.8. The Labute approximate surface area is 206 Å². The smallest absolute Gasteiger partial charge is 0.267 e. The van der Waals surface area contributed by atoms with Crippen LogP contribution in [0.1, 0.15) is 31.7 Å². The Hall–Kier alpha value is -3.91. The molecule has 5 aromatic rings. The van der Waals surface area contributed by atoms with E-state index in [9.17, 15) is 9.59 Å². The van der Waals surface area contributed by atoms with Gasteiger partial charge < -0.3 is 5.32 Å². The van der Waals surface area contributed by atoms with Gasteiger partial charge in [-0.25, -0.2) is 4.57 Å². The number of thioether (sulfide) groups is 1. The molecule has 7 nitrogen and oxygen atoms in total. The molecule has 0 radical (unpaired) electrons. The first-order valence-corrected chi connectivity index (χ1v) is 12.5. The standard InChI is InChI=1S/C27H25N5O2S/c1-3-18(2)20-13-7-9-15-22(20)28-24(33)17-35-27-30-29-26-31(19-11-5-4-6-12-19)25(34)21-14-8-10-16-23(21)32(26)27/h4-16,18H,3,17H2,1-2H3,(H,28,33)/t18-/m1/s1. The number of fused-ring (bicyclic) bond motifs is 3. The van der Waals surface area contributed by atoms with Crippen LogP contribution in [0.3, 0.4) is 0 Å². The fourth-order valence-corrected chi connectivity index (χ4v) is 4.90. The Kier molecular flexibility index (Phi) is 6.37. The van der Waals surface area contributed by atoms with E-state index in [2.05, 4.69) is 35.4 Å². The third kappa shape index (κ3) is 4.33. The molecule has 0 aliphatic heterocycles. The van der Waals surface area contributed by atoms with Crippen molar-refractivity contribution in [3.63, 3.8) is 0 Å². The third-order valence-electron chi connectivity index (χ3n) is 6.12. The number of aromatic nitrogens is 4. The van der Waals surface area contributed by atoms with Crippen LogP contribution in [-0.4, -0.2) is 30.8 Å². The molecule has 0 bridgehead atoms. The lowest BCUT2D eigenvalue weighted by Gasteiger charge is -2.15. The Balaban J connectivity index is 1.49. The predicted molar refractivity (Wildman–Crippen MR) is 141 cm³/mol. The maximum atomic E-state index is 13.3. The minimum absolute atomic E-state index is 0.122. The molecule has 8 heteroatoms. The predicted octanol–water partition coefficient (Wildman–Crippen LogP) is 5.28. The molecular formula is C27H25N5O2S. The number of benzene rings is 3. The number of amides is 1. The molecule has 0 fully saturated rings. The zero-order valence-electron chi connectivity index (χ0n) is 19.5. The second kappa shape index (κ2) is 9.76. The van der Waals surface area contributed by atoms with Crippen LogP contribution in [-0.2, 0) is 4.79 Å². The maximum Gasteiger partial charge on any atom is 0.267 e. The molecule has 2 heterocycles. The summed E-state index contributed by atoms with van der Waals surface area (Å²) in [7, 11) is 0. The van der Waals surface area contributed by atoms with Crippen molar-refractivity contribution in [1.82, 2.24) is 19.2 Å². The van der Waals surface area contributed by atoms with Crippen molar-refractivity contribution in [3.05, 3.63) is 94.8 Å². The second-order valence-electron chi connectivity index (χ2n) is 8.34. The normalized spacial score (nSPS) is 12.2. The Morgan fingerprint density at radius 1 is 0.971 bits per heavy atom. The quantitative estimate of drug-likeness (QED) is 0.319. The first kappa shape index (κ1) is 22.9. The molecule has 35 heavy (non-hydrogen) atoms. The van der Waals surface area contributed by atoms with Gasteiger partial charge in [-0.05, 0) is 48.2 Å². The third-order valence-corrected chi connectivity index (χ3v) is 7.05. The van der Waals surface area contributed by atoms with Gasteiger partial charge in [0, 0.05) is 5.69 Å². The minimum atomic E-state index is -0.164. The SMILES string of the molecule is CC[C@@H](C)c1ccccc1NC(=O)CSc1nnc2n(-c3ccccc3)c(=O)c3ccccc3n12. The number of hydrogen-bond acceptors (Lipinski definition) is 5. The van der Waals surface area contributed by atoms with E-state index in [0.29, 0.717) is 33.4 Å². The molecule has 0 unspecified atom stereocenters. The van der Waals surface area contributed by atoms with Crippen molar-refractivity contribution >= 4 is 40.0 Å². The fraction of sp³-hybridized carbons (Fsp3) is 0.185. The molecule has 176 valence electrons. The largest absolute Gasteiger partial charge is 0.325 e. The number of carbonyl (C=O) groups excluding carboxylic acids is 1. The van der Waals surface area contributed by atoms with Gasteiger partial charge >= 0.3 is 0 Å². The number of anilines is 1. The zero-order valence-corrected chi connectivity index (χ0v) is 20.3. The number of nitrogens with zero attached hydrogens (tertiary/aromatic N) is 4. The Bertz CT molecular complexity index is 1580. The van der Waals surface area contributed by atoms with E-state index < -0.39 is 0 Å². The van der Waals surface area contributed by atoms with Gasteiger partial charge in [-0.2, -0.15) is 0 Å². The van der Waals surface area contributed by atoms with E-state index in [1.165, 1.54) is 11.8 Å². The van der Waals surface area contributed by atoms with Crippen LogP contribution in [0.25, 0.3) is 22.4 Å². The molecule has 1 atom stereocenters. The lowest BCUT2D eigenvalue weighted by atomic mass is 9.97. The zero-order chi connectivity index (χ0) is 24.4. The highest BCUT2D eigenvalue weighted by Crippen LogP contribution is 2.27. The number of carbonyl (C=O) groups is 1.